The highest BCUT2D eigenvalue weighted by Gasteiger charge is 2.00. The fourth-order valence-electron chi connectivity index (χ4n) is 1.13. The van der Waals surface area contributed by atoms with Gasteiger partial charge in [0.15, 0.2) is 0 Å². The first-order valence-electron chi connectivity index (χ1n) is 4.58. The van der Waals surface area contributed by atoms with Crippen molar-refractivity contribution in [3.05, 3.63) is 39.3 Å². The largest absolute Gasteiger partial charge is 0.478 e. The molecule has 1 aromatic carbocycles. The first kappa shape index (κ1) is 13.1. The zero-order valence-electron chi connectivity index (χ0n) is 8.63. The molecule has 0 amide bonds. The van der Waals surface area contributed by atoms with Crippen LogP contribution in [0.4, 0.5) is 5.69 Å². The molecule has 0 aromatic heterocycles. The van der Waals surface area contributed by atoms with Gasteiger partial charge in [-0.1, -0.05) is 11.6 Å². The van der Waals surface area contributed by atoms with Gasteiger partial charge in [0.05, 0.1) is 0 Å². The van der Waals surface area contributed by atoms with Crippen LogP contribution in [0, 0.1) is 0 Å². The van der Waals surface area contributed by atoms with E-state index in [0.717, 1.165) is 15.7 Å². The predicted octanol–water partition coefficient (Wildman–Crippen LogP) is 3.55. The number of rotatable bonds is 4. The van der Waals surface area contributed by atoms with E-state index in [1.165, 1.54) is 6.08 Å². The summed E-state index contributed by atoms with van der Waals surface area (Å²) in [6.45, 7) is 2.23. The van der Waals surface area contributed by atoms with Crippen molar-refractivity contribution in [1.82, 2.24) is 0 Å². The van der Waals surface area contributed by atoms with Crippen LogP contribution in [0.3, 0.4) is 0 Å². The lowest BCUT2D eigenvalue weighted by Crippen LogP contribution is -2.05. The topological polar surface area (TPSA) is 49.3 Å². The molecule has 0 unspecified atom stereocenters. The van der Waals surface area contributed by atoms with Crippen LogP contribution in [0.25, 0.3) is 0 Å². The predicted molar refractivity (Wildman–Crippen MR) is 69.0 cm³/mol. The summed E-state index contributed by atoms with van der Waals surface area (Å²) in [7, 11) is 0. The average molecular weight is 305 g/mol. The average Bonchev–Trinajstić information content (AvgIpc) is 2.15. The Morgan fingerprint density at radius 1 is 1.62 bits per heavy atom. The minimum absolute atomic E-state index is 0.479. The lowest BCUT2D eigenvalue weighted by Gasteiger charge is -2.08. The van der Waals surface area contributed by atoms with E-state index in [2.05, 4.69) is 21.2 Å². The third-order valence-electron chi connectivity index (χ3n) is 1.86. The van der Waals surface area contributed by atoms with Crippen molar-refractivity contribution in [3.63, 3.8) is 0 Å². The summed E-state index contributed by atoms with van der Waals surface area (Å²) in [5, 5.41) is 12.3. The van der Waals surface area contributed by atoms with Crippen molar-refractivity contribution in [1.29, 1.82) is 0 Å². The standard InChI is InChI=1S/C11H11BrClNO2/c1-7(4-11(15)16)6-14-10-3-2-8(13)5-9(10)12/h2-5,14H,6H2,1H3,(H,15,16)/b7-4-. The highest BCUT2D eigenvalue weighted by atomic mass is 79.9. The number of halogens is 2. The maximum atomic E-state index is 10.4. The molecular formula is C11H11BrClNO2. The molecule has 0 bridgehead atoms. The van der Waals surface area contributed by atoms with Gasteiger partial charge in [-0.25, -0.2) is 4.79 Å². The van der Waals surface area contributed by atoms with Crippen LogP contribution in [0.1, 0.15) is 6.92 Å². The summed E-state index contributed by atoms with van der Waals surface area (Å²) in [4.78, 5) is 10.4. The fraction of sp³-hybridized carbons (Fsp3) is 0.182. The van der Waals surface area contributed by atoms with Gasteiger partial charge in [-0.3, -0.25) is 0 Å². The molecule has 86 valence electrons. The number of hydrogen-bond acceptors (Lipinski definition) is 2. The highest BCUT2D eigenvalue weighted by Crippen LogP contribution is 2.25. The molecule has 1 rings (SSSR count). The maximum Gasteiger partial charge on any atom is 0.328 e. The van der Waals surface area contributed by atoms with E-state index >= 15 is 0 Å². The van der Waals surface area contributed by atoms with Crippen molar-refractivity contribution in [2.24, 2.45) is 0 Å². The van der Waals surface area contributed by atoms with Crippen LogP contribution in [-0.4, -0.2) is 17.6 Å². The van der Waals surface area contributed by atoms with Crippen LogP contribution in [-0.2, 0) is 4.79 Å². The first-order chi connectivity index (χ1) is 7.49. The molecule has 0 aliphatic heterocycles. The van der Waals surface area contributed by atoms with Crippen molar-refractivity contribution in [2.45, 2.75) is 6.92 Å². The summed E-state index contributed by atoms with van der Waals surface area (Å²) in [5.41, 5.74) is 1.62. The van der Waals surface area contributed by atoms with Crippen LogP contribution in [0.15, 0.2) is 34.3 Å². The molecular weight excluding hydrogens is 293 g/mol. The van der Waals surface area contributed by atoms with E-state index in [1.807, 2.05) is 6.07 Å². The van der Waals surface area contributed by atoms with Gasteiger partial charge < -0.3 is 10.4 Å². The number of carbonyl (C=O) groups is 1. The minimum Gasteiger partial charge on any atom is -0.478 e. The highest BCUT2D eigenvalue weighted by molar-refractivity contribution is 9.10. The maximum absolute atomic E-state index is 10.4. The molecule has 0 fully saturated rings. The Kier molecular flexibility index (Phi) is 4.83. The van der Waals surface area contributed by atoms with Crippen LogP contribution in [0.5, 0.6) is 0 Å². The summed E-state index contributed by atoms with van der Waals surface area (Å²) in [5.74, 6) is -0.936. The lowest BCUT2D eigenvalue weighted by atomic mass is 10.2. The Labute approximate surface area is 107 Å². The van der Waals surface area contributed by atoms with Gasteiger partial charge in [-0.05, 0) is 46.6 Å². The second-order valence-electron chi connectivity index (χ2n) is 3.31. The van der Waals surface area contributed by atoms with E-state index < -0.39 is 5.97 Å². The molecule has 3 nitrogen and oxygen atoms in total. The summed E-state index contributed by atoms with van der Waals surface area (Å²) in [6, 6.07) is 5.38. The molecule has 5 heteroatoms. The molecule has 0 saturated heterocycles. The molecule has 0 heterocycles. The zero-order chi connectivity index (χ0) is 12.1. The molecule has 0 atom stereocenters. The zero-order valence-corrected chi connectivity index (χ0v) is 11.0. The molecule has 2 N–H and O–H groups in total. The molecule has 16 heavy (non-hydrogen) atoms. The van der Waals surface area contributed by atoms with E-state index in [4.69, 9.17) is 16.7 Å². The van der Waals surface area contributed by atoms with E-state index in [-0.39, 0.29) is 0 Å². The second kappa shape index (κ2) is 5.92. The van der Waals surface area contributed by atoms with Crippen LogP contribution >= 0.6 is 27.5 Å². The normalized spacial score (nSPS) is 11.3. The Morgan fingerprint density at radius 2 is 2.31 bits per heavy atom. The third kappa shape index (κ3) is 4.24. The molecule has 0 radical (unpaired) electrons. The Balaban J connectivity index is 2.65. The molecule has 0 aliphatic rings. The van der Waals surface area contributed by atoms with Gasteiger partial charge in [-0.2, -0.15) is 0 Å². The van der Waals surface area contributed by atoms with E-state index in [9.17, 15) is 4.79 Å². The number of benzene rings is 1. The Bertz CT molecular complexity index is 432. The first-order valence-corrected chi connectivity index (χ1v) is 5.75. The van der Waals surface area contributed by atoms with Gasteiger partial charge in [0.1, 0.15) is 0 Å². The molecule has 0 saturated carbocycles. The quantitative estimate of drug-likeness (QED) is 0.836. The third-order valence-corrected chi connectivity index (χ3v) is 2.75. The summed E-state index contributed by atoms with van der Waals surface area (Å²) < 4.78 is 0.850. The van der Waals surface area contributed by atoms with Gasteiger partial charge in [0.2, 0.25) is 0 Å². The summed E-state index contributed by atoms with van der Waals surface area (Å²) >= 11 is 9.17. The number of nitrogens with one attached hydrogen (secondary N) is 1. The molecule has 0 aliphatic carbocycles. The van der Waals surface area contributed by atoms with Crippen molar-refractivity contribution >= 4 is 39.2 Å². The monoisotopic (exact) mass is 303 g/mol. The van der Waals surface area contributed by atoms with E-state index in [0.29, 0.717) is 11.6 Å². The number of aliphatic carboxylic acids is 1. The lowest BCUT2D eigenvalue weighted by molar-refractivity contribution is -0.131. The SMILES string of the molecule is C/C(=C/C(=O)O)CNc1ccc(Cl)cc1Br. The Morgan fingerprint density at radius 3 is 2.88 bits per heavy atom. The van der Waals surface area contributed by atoms with Gasteiger partial charge in [-0.15, -0.1) is 0 Å². The number of hydrogen-bond donors (Lipinski definition) is 2. The summed E-state index contributed by atoms with van der Waals surface area (Å²) in [6.07, 6.45) is 1.18. The number of anilines is 1. The van der Waals surface area contributed by atoms with Crippen molar-refractivity contribution in [2.75, 3.05) is 11.9 Å². The minimum atomic E-state index is -0.936. The van der Waals surface area contributed by atoms with Crippen LogP contribution < -0.4 is 5.32 Å². The number of carboxylic acid groups (broad SMARTS) is 1. The van der Waals surface area contributed by atoms with Crippen LogP contribution in [0.2, 0.25) is 5.02 Å². The van der Waals surface area contributed by atoms with Gasteiger partial charge >= 0.3 is 5.97 Å². The smallest absolute Gasteiger partial charge is 0.328 e. The second-order valence-corrected chi connectivity index (χ2v) is 4.60. The van der Waals surface area contributed by atoms with Gasteiger partial charge in [0, 0.05) is 27.8 Å². The van der Waals surface area contributed by atoms with Crippen molar-refractivity contribution in [3.8, 4) is 0 Å². The number of carboxylic acids is 1. The van der Waals surface area contributed by atoms with Crippen molar-refractivity contribution < 1.29 is 9.90 Å². The Hall–Kier alpha value is -1.000. The fourth-order valence-corrected chi connectivity index (χ4v) is 1.95. The molecule has 0 spiro atoms. The van der Waals surface area contributed by atoms with Gasteiger partial charge in [0.25, 0.3) is 0 Å². The molecule has 1 aromatic rings. The van der Waals surface area contributed by atoms with E-state index in [1.54, 1.807) is 19.1 Å².